The molecule has 0 saturated carbocycles. The Hall–Kier alpha value is -1.26. The van der Waals surface area contributed by atoms with E-state index < -0.39 is 0 Å². The lowest BCUT2D eigenvalue weighted by atomic mass is 10.1. The summed E-state index contributed by atoms with van der Waals surface area (Å²) in [7, 11) is 0. The van der Waals surface area contributed by atoms with E-state index >= 15 is 0 Å². The fourth-order valence-electron chi connectivity index (χ4n) is 1.66. The molecule has 4 nitrogen and oxygen atoms in total. The lowest BCUT2D eigenvalue weighted by Gasteiger charge is -2.21. The molecule has 0 spiro atoms. The molecule has 0 aliphatic rings. The molecular weight excluding hydrogens is 238 g/mol. The van der Waals surface area contributed by atoms with E-state index in [1.54, 1.807) is 0 Å². The first kappa shape index (κ1) is 13.8. The third-order valence-corrected chi connectivity index (χ3v) is 2.92. The Balaban J connectivity index is 2.74. The van der Waals surface area contributed by atoms with E-state index in [0.717, 1.165) is 12.0 Å². The lowest BCUT2D eigenvalue weighted by molar-refractivity contribution is 0.313. The number of rotatable bonds is 5. The zero-order chi connectivity index (χ0) is 12.8. The highest BCUT2D eigenvalue weighted by atomic mass is 35.5. The molecule has 0 heterocycles. The maximum atomic E-state index is 8.67. The molecular formula is C12H18ClN3O. The largest absolute Gasteiger partial charge is 0.409 e. The molecule has 0 aliphatic carbocycles. The molecule has 0 bridgehead atoms. The van der Waals surface area contributed by atoms with Crippen LogP contribution in [0.4, 0.5) is 0 Å². The quantitative estimate of drug-likeness (QED) is 0.328. The van der Waals surface area contributed by atoms with Crippen molar-refractivity contribution in [2.75, 3.05) is 0 Å². The molecule has 4 N–H and O–H groups in total. The maximum absolute atomic E-state index is 8.67. The monoisotopic (exact) mass is 255 g/mol. The van der Waals surface area contributed by atoms with Crippen molar-refractivity contribution in [3.63, 3.8) is 0 Å². The van der Waals surface area contributed by atoms with Gasteiger partial charge >= 0.3 is 0 Å². The van der Waals surface area contributed by atoms with E-state index in [9.17, 15) is 0 Å². The van der Waals surface area contributed by atoms with Crippen LogP contribution < -0.4 is 11.1 Å². The highest BCUT2D eigenvalue weighted by Crippen LogP contribution is 2.18. The molecule has 0 aromatic heterocycles. The summed E-state index contributed by atoms with van der Waals surface area (Å²) in [6, 6.07) is 7.56. The molecule has 17 heavy (non-hydrogen) atoms. The summed E-state index contributed by atoms with van der Waals surface area (Å²) in [5.74, 6) is 0.196. The van der Waals surface area contributed by atoms with Crippen molar-refractivity contribution in [3.8, 4) is 0 Å². The Labute approximate surface area is 106 Å². The van der Waals surface area contributed by atoms with Crippen molar-refractivity contribution in [2.45, 2.75) is 32.4 Å². The van der Waals surface area contributed by atoms with Gasteiger partial charge in [-0.1, -0.05) is 35.8 Å². The molecule has 0 fully saturated rings. The highest BCUT2D eigenvalue weighted by molar-refractivity contribution is 6.30. The molecule has 2 atom stereocenters. The number of halogens is 1. The average Bonchev–Trinajstić information content (AvgIpc) is 2.34. The second-order valence-electron chi connectivity index (χ2n) is 3.93. The number of nitrogens with zero attached hydrogens (tertiary/aromatic N) is 1. The van der Waals surface area contributed by atoms with E-state index in [-0.39, 0.29) is 17.9 Å². The smallest absolute Gasteiger partial charge is 0.156 e. The van der Waals surface area contributed by atoms with Crippen LogP contribution in [0.3, 0.4) is 0 Å². The van der Waals surface area contributed by atoms with Crippen molar-refractivity contribution in [2.24, 2.45) is 10.9 Å². The number of amidine groups is 1. The van der Waals surface area contributed by atoms with E-state index in [0.29, 0.717) is 5.02 Å². The summed E-state index contributed by atoms with van der Waals surface area (Å²) in [6.45, 7) is 3.99. The van der Waals surface area contributed by atoms with Crippen LogP contribution in [-0.4, -0.2) is 17.1 Å². The predicted molar refractivity (Wildman–Crippen MR) is 70.5 cm³/mol. The molecule has 1 aromatic carbocycles. The molecule has 0 saturated heterocycles. The van der Waals surface area contributed by atoms with Crippen LogP contribution in [0, 0.1) is 0 Å². The van der Waals surface area contributed by atoms with Crippen LogP contribution in [0.15, 0.2) is 29.4 Å². The van der Waals surface area contributed by atoms with Crippen molar-refractivity contribution in [3.05, 3.63) is 34.9 Å². The fraction of sp³-hybridized carbons (Fsp3) is 0.417. The van der Waals surface area contributed by atoms with Gasteiger partial charge in [-0.3, -0.25) is 0 Å². The number of oxime groups is 1. The van der Waals surface area contributed by atoms with Crippen LogP contribution in [-0.2, 0) is 0 Å². The number of benzene rings is 1. The SMILES string of the molecule is CCC(N[C@H](C)c1cccc(Cl)c1)/C(N)=N/O. The Morgan fingerprint density at radius 1 is 1.59 bits per heavy atom. The van der Waals surface area contributed by atoms with Gasteiger partial charge in [-0.25, -0.2) is 0 Å². The minimum absolute atomic E-state index is 0.0824. The van der Waals surface area contributed by atoms with Gasteiger partial charge in [-0.2, -0.15) is 0 Å². The van der Waals surface area contributed by atoms with Gasteiger partial charge in [0.05, 0.1) is 6.04 Å². The summed E-state index contributed by atoms with van der Waals surface area (Å²) in [5.41, 5.74) is 6.67. The Bertz CT molecular complexity index is 395. The van der Waals surface area contributed by atoms with Crippen molar-refractivity contribution in [1.82, 2.24) is 5.32 Å². The molecule has 1 aromatic rings. The number of nitrogens with one attached hydrogen (secondary N) is 1. The molecule has 94 valence electrons. The summed E-state index contributed by atoms with van der Waals surface area (Å²) in [6.07, 6.45) is 0.751. The summed E-state index contributed by atoms with van der Waals surface area (Å²) < 4.78 is 0. The zero-order valence-corrected chi connectivity index (χ0v) is 10.8. The van der Waals surface area contributed by atoms with Crippen LogP contribution in [0.1, 0.15) is 31.9 Å². The van der Waals surface area contributed by atoms with Crippen molar-refractivity contribution < 1.29 is 5.21 Å². The minimum Gasteiger partial charge on any atom is -0.409 e. The fourth-order valence-corrected chi connectivity index (χ4v) is 1.85. The van der Waals surface area contributed by atoms with E-state index in [1.165, 1.54) is 0 Å². The Morgan fingerprint density at radius 2 is 2.29 bits per heavy atom. The van der Waals surface area contributed by atoms with Gasteiger partial charge < -0.3 is 16.3 Å². The normalized spacial score (nSPS) is 15.6. The summed E-state index contributed by atoms with van der Waals surface area (Å²) >= 11 is 5.93. The summed E-state index contributed by atoms with van der Waals surface area (Å²) in [5, 5.41) is 15.7. The third-order valence-electron chi connectivity index (χ3n) is 2.68. The molecule has 5 heteroatoms. The molecule has 0 aliphatic heterocycles. The van der Waals surface area contributed by atoms with Crippen LogP contribution in [0.25, 0.3) is 0 Å². The van der Waals surface area contributed by atoms with Gasteiger partial charge in [0, 0.05) is 11.1 Å². The zero-order valence-electron chi connectivity index (χ0n) is 10.0. The van der Waals surface area contributed by atoms with E-state index in [2.05, 4.69) is 10.5 Å². The van der Waals surface area contributed by atoms with Gasteiger partial charge in [0.15, 0.2) is 5.84 Å². The van der Waals surface area contributed by atoms with Crippen LogP contribution in [0.2, 0.25) is 5.02 Å². The van der Waals surface area contributed by atoms with Gasteiger partial charge in [0.1, 0.15) is 0 Å². The molecule has 0 amide bonds. The summed E-state index contributed by atoms with van der Waals surface area (Å²) in [4.78, 5) is 0. The second kappa shape index (κ2) is 6.47. The minimum atomic E-state index is -0.144. The van der Waals surface area contributed by atoms with Crippen LogP contribution in [0.5, 0.6) is 0 Å². The van der Waals surface area contributed by atoms with Gasteiger partial charge in [-0.05, 0) is 31.0 Å². The number of hydrogen-bond donors (Lipinski definition) is 3. The van der Waals surface area contributed by atoms with Gasteiger partial charge in [0.25, 0.3) is 0 Å². The first-order valence-corrected chi connectivity index (χ1v) is 5.95. The van der Waals surface area contributed by atoms with Crippen LogP contribution >= 0.6 is 11.6 Å². The maximum Gasteiger partial charge on any atom is 0.156 e. The average molecular weight is 256 g/mol. The first-order chi connectivity index (χ1) is 8.08. The predicted octanol–water partition coefficient (Wildman–Crippen LogP) is 2.52. The van der Waals surface area contributed by atoms with Gasteiger partial charge in [-0.15, -0.1) is 0 Å². The lowest BCUT2D eigenvalue weighted by Crippen LogP contribution is -2.42. The van der Waals surface area contributed by atoms with Crippen molar-refractivity contribution >= 4 is 17.4 Å². The Kier molecular flexibility index (Phi) is 5.25. The molecule has 0 radical (unpaired) electrons. The molecule has 1 unspecified atom stereocenters. The first-order valence-electron chi connectivity index (χ1n) is 5.57. The third kappa shape index (κ3) is 3.91. The Morgan fingerprint density at radius 3 is 2.82 bits per heavy atom. The number of nitrogens with two attached hydrogens (primary N) is 1. The van der Waals surface area contributed by atoms with E-state index in [1.807, 2.05) is 38.1 Å². The highest BCUT2D eigenvalue weighted by Gasteiger charge is 2.15. The van der Waals surface area contributed by atoms with E-state index in [4.69, 9.17) is 22.5 Å². The van der Waals surface area contributed by atoms with Gasteiger partial charge in [0.2, 0.25) is 0 Å². The molecule has 1 rings (SSSR count). The number of hydrogen-bond acceptors (Lipinski definition) is 3. The second-order valence-corrected chi connectivity index (χ2v) is 4.37. The van der Waals surface area contributed by atoms with Crippen molar-refractivity contribution in [1.29, 1.82) is 0 Å². The standard InChI is InChI=1S/C12H18ClN3O/c1-3-11(12(14)16-17)15-8(2)9-5-4-6-10(13)7-9/h4-8,11,15,17H,3H2,1-2H3,(H2,14,16)/t8-,11?/m1/s1. The topological polar surface area (TPSA) is 70.6 Å².